The van der Waals surface area contributed by atoms with Crippen molar-refractivity contribution in [2.75, 3.05) is 12.4 Å². The molecule has 4 nitrogen and oxygen atoms in total. The van der Waals surface area contributed by atoms with E-state index in [-0.39, 0.29) is 5.92 Å². The molecule has 1 aromatic carbocycles. The van der Waals surface area contributed by atoms with Crippen molar-refractivity contribution in [3.05, 3.63) is 29.8 Å². The summed E-state index contributed by atoms with van der Waals surface area (Å²) in [7, 11) is -3.44. The predicted octanol–water partition coefficient (Wildman–Crippen LogP) is 2.73. The highest BCUT2D eigenvalue weighted by Gasteiger charge is 2.28. The second-order valence-electron chi connectivity index (χ2n) is 5.11. The minimum atomic E-state index is -3.44. The van der Waals surface area contributed by atoms with Crippen molar-refractivity contribution in [2.45, 2.75) is 32.9 Å². The van der Waals surface area contributed by atoms with Gasteiger partial charge < -0.3 is 4.74 Å². The zero-order chi connectivity index (χ0) is 15.3. The largest absolute Gasteiger partial charge is 0.493 e. The molecule has 0 N–H and O–H groups in total. The van der Waals surface area contributed by atoms with E-state index in [0.717, 1.165) is 0 Å². The monoisotopic (exact) mass is 298 g/mol. The first-order chi connectivity index (χ1) is 9.29. The molecular formula is C15H22O4S. The number of para-hydroxylation sites is 1. The van der Waals surface area contributed by atoms with Crippen LogP contribution in [0.2, 0.25) is 0 Å². The fourth-order valence-corrected chi connectivity index (χ4v) is 3.40. The summed E-state index contributed by atoms with van der Waals surface area (Å²) in [5.74, 6) is -0.472. The quantitative estimate of drug-likeness (QED) is 0.726. The number of ether oxygens (including phenoxy) is 1. The zero-order valence-electron chi connectivity index (χ0n) is 12.4. The Morgan fingerprint density at radius 2 is 1.80 bits per heavy atom. The summed E-state index contributed by atoms with van der Waals surface area (Å²) in [6.45, 7) is 7.56. The van der Waals surface area contributed by atoms with Gasteiger partial charge in [0.05, 0.1) is 17.4 Å². The number of sulfone groups is 1. The van der Waals surface area contributed by atoms with Crippen LogP contribution in [0.5, 0.6) is 5.75 Å². The molecule has 0 heterocycles. The van der Waals surface area contributed by atoms with E-state index in [2.05, 4.69) is 0 Å². The third-order valence-corrected chi connectivity index (χ3v) is 5.67. The Hall–Kier alpha value is -1.36. The first-order valence-corrected chi connectivity index (χ1v) is 8.47. The number of carbonyl (C=O) groups is 1. The highest BCUT2D eigenvalue weighted by atomic mass is 32.2. The second-order valence-corrected chi connectivity index (χ2v) is 7.47. The lowest BCUT2D eigenvalue weighted by Crippen LogP contribution is -2.29. The smallest absolute Gasteiger partial charge is 0.181 e. The predicted molar refractivity (Wildman–Crippen MR) is 80.0 cm³/mol. The first kappa shape index (κ1) is 16.7. The summed E-state index contributed by atoms with van der Waals surface area (Å²) in [6, 6.07) is 6.74. The molecule has 0 aliphatic rings. The van der Waals surface area contributed by atoms with Crippen LogP contribution in [0.4, 0.5) is 0 Å². The van der Waals surface area contributed by atoms with Crippen LogP contribution in [0.15, 0.2) is 24.3 Å². The molecule has 0 saturated heterocycles. The average Bonchev–Trinajstić information content (AvgIpc) is 2.38. The first-order valence-electron chi connectivity index (χ1n) is 6.76. The third-order valence-electron chi connectivity index (χ3n) is 3.32. The number of Topliss-reactive ketones (excluding diaryl/α,β-unsaturated/α-hetero) is 1. The van der Waals surface area contributed by atoms with Crippen molar-refractivity contribution in [3.63, 3.8) is 0 Å². The van der Waals surface area contributed by atoms with Crippen molar-refractivity contribution in [1.82, 2.24) is 0 Å². The molecule has 5 heteroatoms. The molecule has 1 unspecified atom stereocenters. The number of hydrogen-bond acceptors (Lipinski definition) is 4. The molecule has 0 radical (unpaired) electrons. The van der Waals surface area contributed by atoms with Gasteiger partial charge in [0.25, 0.3) is 0 Å². The van der Waals surface area contributed by atoms with E-state index < -0.39 is 26.6 Å². The normalized spacial score (nSPS) is 13.2. The van der Waals surface area contributed by atoms with Crippen LogP contribution >= 0.6 is 0 Å². The maximum Gasteiger partial charge on any atom is 0.181 e. The van der Waals surface area contributed by atoms with Crippen LogP contribution in [0.1, 0.15) is 38.1 Å². The molecule has 0 amide bonds. The molecule has 0 bridgehead atoms. The Balaban J connectivity index is 2.97. The Labute approximate surface area is 121 Å². The van der Waals surface area contributed by atoms with Gasteiger partial charge in [-0.1, -0.05) is 26.0 Å². The minimum absolute atomic E-state index is 0.0186. The van der Waals surface area contributed by atoms with Crippen molar-refractivity contribution in [1.29, 1.82) is 0 Å². The van der Waals surface area contributed by atoms with Crippen molar-refractivity contribution < 1.29 is 17.9 Å². The highest BCUT2D eigenvalue weighted by Crippen LogP contribution is 2.21. The van der Waals surface area contributed by atoms with Gasteiger partial charge in [0.15, 0.2) is 15.6 Å². The molecule has 112 valence electrons. The number of ketones is 1. The Morgan fingerprint density at radius 3 is 2.35 bits per heavy atom. The van der Waals surface area contributed by atoms with Gasteiger partial charge in [0, 0.05) is 0 Å². The molecule has 0 saturated carbocycles. The Morgan fingerprint density at radius 1 is 1.20 bits per heavy atom. The van der Waals surface area contributed by atoms with Crippen LogP contribution in [-0.2, 0) is 9.84 Å². The van der Waals surface area contributed by atoms with Crippen molar-refractivity contribution in [3.8, 4) is 5.75 Å². The summed E-state index contributed by atoms with van der Waals surface area (Å²) in [6.07, 6.45) is 0. The van der Waals surface area contributed by atoms with E-state index in [9.17, 15) is 13.2 Å². The lowest BCUT2D eigenvalue weighted by molar-refractivity contribution is 0.101. The molecule has 0 aliphatic heterocycles. The van der Waals surface area contributed by atoms with Crippen LogP contribution < -0.4 is 4.74 Å². The maximum atomic E-state index is 12.2. The van der Waals surface area contributed by atoms with Gasteiger partial charge in [-0.15, -0.1) is 0 Å². The average molecular weight is 298 g/mol. The van der Waals surface area contributed by atoms with Gasteiger partial charge in [-0.3, -0.25) is 4.79 Å². The minimum Gasteiger partial charge on any atom is -0.493 e. The zero-order valence-corrected chi connectivity index (χ0v) is 13.2. The van der Waals surface area contributed by atoms with Gasteiger partial charge in [0.2, 0.25) is 0 Å². The molecule has 1 rings (SSSR count). The van der Waals surface area contributed by atoms with E-state index >= 15 is 0 Å². The van der Waals surface area contributed by atoms with E-state index in [0.29, 0.717) is 17.9 Å². The molecule has 1 atom stereocenters. The van der Waals surface area contributed by atoms with Gasteiger partial charge >= 0.3 is 0 Å². The topological polar surface area (TPSA) is 60.4 Å². The maximum absolute atomic E-state index is 12.2. The van der Waals surface area contributed by atoms with Gasteiger partial charge in [-0.05, 0) is 31.9 Å². The lowest BCUT2D eigenvalue weighted by Gasteiger charge is -2.16. The third kappa shape index (κ3) is 4.07. The van der Waals surface area contributed by atoms with Crippen LogP contribution in [-0.4, -0.2) is 31.8 Å². The molecule has 0 aliphatic carbocycles. The number of hydrogen-bond donors (Lipinski definition) is 0. The summed E-state index contributed by atoms with van der Waals surface area (Å²) in [4.78, 5) is 12.2. The van der Waals surface area contributed by atoms with Gasteiger partial charge in [-0.2, -0.15) is 0 Å². The standard InChI is InChI=1S/C15H22O4S/c1-5-19-15-9-7-6-8-13(15)14(16)10-20(17,18)12(4)11(2)3/h6-9,11-12H,5,10H2,1-4H3. The molecular weight excluding hydrogens is 276 g/mol. The molecule has 1 aromatic rings. The van der Waals surface area contributed by atoms with Crippen LogP contribution in [0, 0.1) is 5.92 Å². The van der Waals surface area contributed by atoms with Gasteiger partial charge in [0.1, 0.15) is 11.5 Å². The molecule has 0 spiro atoms. The van der Waals surface area contributed by atoms with Crippen LogP contribution in [0.25, 0.3) is 0 Å². The summed E-state index contributed by atoms with van der Waals surface area (Å²) in [5.41, 5.74) is 0.328. The fourth-order valence-electron chi connectivity index (χ4n) is 1.78. The lowest BCUT2D eigenvalue weighted by atomic mass is 10.1. The second kappa shape index (κ2) is 6.88. The van der Waals surface area contributed by atoms with E-state index in [4.69, 9.17) is 4.74 Å². The van der Waals surface area contributed by atoms with E-state index in [1.165, 1.54) is 0 Å². The number of benzene rings is 1. The van der Waals surface area contributed by atoms with Crippen molar-refractivity contribution >= 4 is 15.6 Å². The van der Waals surface area contributed by atoms with Gasteiger partial charge in [-0.25, -0.2) is 8.42 Å². The molecule has 20 heavy (non-hydrogen) atoms. The SMILES string of the molecule is CCOc1ccccc1C(=O)CS(=O)(=O)C(C)C(C)C. The molecule has 0 aromatic heterocycles. The van der Waals surface area contributed by atoms with Crippen LogP contribution in [0.3, 0.4) is 0 Å². The summed E-state index contributed by atoms with van der Waals surface area (Å²) >= 11 is 0. The Kier molecular flexibility index (Phi) is 5.74. The number of carbonyl (C=O) groups excluding carboxylic acids is 1. The van der Waals surface area contributed by atoms with E-state index in [1.807, 2.05) is 20.8 Å². The van der Waals surface area contributed by atoms with Crippen molar-refractivity contribution in [2.24, 2.45) is 5.92 Å². The van der Waals surface area contributed by atoms with E-state index in [1.54, 1.807) is 31.2 Å². The molecule has 0 fully saturated rings. The summed E-state index contributed by atoms with van der Waals surface area (Å²) in [5, 5.41) is -0.536. The Bertz CT molecular complexity index is 561. The number of rotatable bonds is 7. The highest BCUT2D eigenvalue weighted by molar-refractivity contribution is 7.92. The fraction of sp³-hybridized carbons (Fsp3) is 0.533. The summed E-state index contributed by atoms with van der Waals surface area (Å²) < 4.78 is 29.7.